The predicted molar refractivity (Wildman–Crippen MR) is 156 cm³/mol. The van der Waals surface area contributed by atoms with Gasteiger partial charge in [-0.3, -0.25) is 13.9 Å². The monoisotopic (exact) mass is 569 g/mol. The molecular weight excluding hydrogens is 534 g/mol. The second-order valence-corrected chi connectivity index (χ2v) is 11.6. The third kappa shape index (κ3) is 7.83. The zero-order valence-corrected chi connectivity index (χ0v) is 24.2. The van der Waals surface area contributed by atoms with E-state index in [2.05, 4.69) is 5.32 Å². The van der Waals surface area contributed by atoms with Gasteiger partial charge >= 0.3 is 0 Å². The highest BCUT2D eigenvalue weighted by atomic mass is 35.5. The summed E-state index contributed by atoms with van der Waals surface area (Å²) in [6, 6.07) is 21.8. The topological polar surface area (TPSA) is 86.8 Å². The number of rotatable bonds is 13. The molecule has 0 bridgehead atoms. The number of anilines is 1. The number of hydrogen-bond donors (Lipinski definition) is 1. The van der Waals surface area contributed by atoms with Crippen LogP contribution in [0.1, 0.15) is 37.8 Å². The van der Waals surface area contributed by atoms with E-state index < -0.39 is 28.5 Å². The van der Waals surface area contributed by atoms with Crippen molar-refractivity contribution in [3.8, 4) is 0 Å². The summed E-state index contributed by atoms with van der Waals surface area (Å²) in [5, 5.41) is 3.28. The van der Waals surface area contributed by atoms with Crippen molar-refractivity contribution in [3.05, 3.63) is 95.0 Å². The molecule has 0 saturated carbocycles. The number of amides is 2. The normalized spacial score (nSPS) is 12.0. The van der Waals surface area contributed by atoms with Gasteiger partial charge in [0.2, 0.25) is 11.8 Å². The maximum atomic E-state index is 13.9. The summed E-state index contributed by atoms with van der Waals surface area (Å²) in [6.45, 7) is 5.69. The van der Waals surface area contributed by atoms with Gasteiger partial charge in [-0.05, 0) is 62.1 Å². The molecule has 0 aliphatic carbocycles. The van der Waals surface area contributed by atoms with Gasteiger partial charge in [0, 0.05) is 18.1 Å². The smallest absolute Gasteiger partial charge is 0.264 e. The Labute approximate surface area is 236 Å². The van der Waals surface area contributed by atoms with Crippen molar-refractivity contribution in [2.45, 2.75) is 51.0 Å². The zero-order valence-electron chi connectivity index (χ0n) is 22.6. The second-order valence-electron chi connectivity index (χ2n) is 9.35. The van der Waals surface area contributed by atoms with Crippen LogP contribution in [0.2, 0.25) is 5.02 Å². The second kappa shape index (κ2) is 14.1. The fourth-order valence-electron chi connectivity index (χ4n) is 4.21. The molecular formula is C30H36ClN3O4S. The highest BCUT2D eigenvalue weighted by Crippen LogP contribution is 2.31. The molecule has 3 aromatic carbocycles. The molecule has 0 aliphatic heterocycles. The van der Waals surface area contributed by atoms with Crippen LogP contribution >= 0.6 is 11.6 Å². The lowest BCUT2D eigenvalue weighted by Gasteiger charge is -2.32. The highest BCUT2D eigenvalue weighted by Gasteiger charge is 2.33. The molecule has 3 aromatic rings. The van der Waals surface area contributed by atoms with Gasteiger partial charge in [0.15, 0.2) is 0 Å². The number of unbranched alkanes of at least 4 members (excludes halogenated alkanes) is 1. The lowest BCUT2D eigenvalue weighted by molar-refractivity contribution is -0.138. The molecule has 0 spiro atoms. The van der Waals surface area contributed by atoms with Crippen LogP contribution in [0.25, 0.3) is 0 Å². The molecule has 0 aliphatic rings. The molecule has 0 saturated heterocycles. The van der Waals surface area contributed by atoms with Gasteiger partial charge in [0.25, 0.3) is 10.0 Å². The van der Waals surface area contributed by atoms with Gasteiger partial charge in [-0.1, -0.05) is 79.5 Å². The molecule has 3 rings (SSSR count). The first kappa shape index (κ1) is 30.2. The van der Waals surface area contributed by atoms with Crippen LogP contribution in [0.4, 0.5) is 5.69 Å². The van der Waals surface area contributed by atoms with Crippen molar-refractivity contribution in [1.82, 2.24) is 10.2 Å². The van der Waals surface area contributed by atoms with Crippen molar-refractivity contribution in [3.63, 3.8) is 0 Å². The van der Waals surface area contributed by atoms with Crippen LogP contribution in [0.3, 0.4) is 0 Å². The average molecular weight is 570 g/mol. The minimum Gasteiger partial charge on any atom is -0.354 e. The molecule has 0 heterocycles. The Morgan fingerprint density at radius 1 is 0.949 bits per heavy atom. The van der Waals surface area contributed by atoms with Crippen LogP contribution in [0, 0.1) is 6.92 Å². The minimum atomic E-state index is -4.13. The number of halogens is 1. The number of benzene rings is 3. The Kier molecular flexibility index (Phi) is 10.9. The van der Waals surface area contributed by atoms with Gasteiger partial charge in [0.1, 0.15) is 12.6 Å². The largest absolute Gasteiger partial charge is 0.354 e. The SMILES string of the molecule is CCCCNC(=O)[C@@H](C)N(CCc1ccccc1)C(=O)CN(c1cccc(Cl)c1C)S(=O)(=O)c1ccccc1. The zero-order chi connectivity index (χ0) is 28.4. The first-order chi connectivity index (χ1) is 18.7. The van der Waals surface area contributed by atoms with Gasteiger partial charge in [0.05, 0.1) is 10.6 Å². The Balaban J connectivity index is 1.97. The average Bonchev–Trinajstić information content (AvgIpc) is 2.94. The highest BCUT2D eigenvalue weighted by molar-refractivity contribution is 7.92. The molecule has 0 aromatic heterocycles. The molecule has 1 atom stereocenters. The van der Waals surface area contributed by atoms with E-state index in [-0.39, 0.29) is 17.3 Å². The number of sulfonamides is 1. The van der Waals surface area contributed by atoms with E-state index in [1.165, 1.54) is 17.0 Å². The third-order valence-corrected chi connectivity index (χ3v) is 8.78. The number of hydrogen-bond acceptors (Lipinski definition) is 4. The van der Waals surface area contributed by atoms with E-state index in [9.17, 15) is 18.0 Å². The van der Waals surface area contributed by atoms with Crippen molar-refractivity contribution < 1.29 is 18.0 Å². The molecule has 0 radical (unpaired) electrons. The van der Waals surface area contributed by atoms with E-state index in [0.717, 1.165) is 22.7 Å². The fraction of sp³-hybridized carbons (Fsp3) is 0.333. The number of nitrogens with zero attached hydrogens (tertiary/aromatic N) is 2. The van der Waals surface area contributed by atoms with Crippen molar-refractivity contribution >= 4 is 39.1 Å². The first-order valence-electron chi connectivity index (χ1n) is 13.1. The number of carbonyl (C=O) groups excluding carboxylic acids is 2. The first-order valence-corrected chi connectivity index (χ1v) is 14.9. The molecule has 0 fully saturated rings. The summed E-state index contributed by atoms with van der Waals surface area (Å²) in [5.74, 6) is -0.760. The van der Waals surface area contributed by atoms with E-state index in [4.69, 9.17) is 11.6 Å². The lowest BCUT2D eigenvalue weighted by atomic mass is 10.1. The van der Waals surface area contributed by atoms with Crippen LogP contribution in [0.5, 0.6) is 0 Å². The summed E-state index contributed by atoms with van der Waals surface area (Å²) >= 11 is 6.35. The Bertz CT molecular complexity index is 1350. The summed E-state index contributed by atoms with van der Waals surface area (Å²) in [7, 11) is -4.13. The van der Waals surface area contributed by atoms with Gasteiger partial charge in [-0.2, -0.15) is 0 Å². The van der Waals surface area contributed by atoms with E-state index >= 15 is 0 Å². The Morgan fingerprint density at radius 3 is 2.23 bits per heavy atom. The van der Waals surface area contributed by atoms with Crippen molar-refractivity contribution in [2.24, 2.45) is 0 Å². The van der Waals surface area contributed by atoms with Crippen LogP contribution in [0.15, 0.2) is 83.8 Å². The summed E-state index contributed by atoms with van der Waals surface area (Å²) in [4.78, 5) is 28.4. The molecule has 2 amide bonds. The van der Waals surface area contributed by atoms with Crippen LogP contribution in [-0.2, 0) is 26.0 Å². The van der Waals surface area contributed by atoms with Crippen molar-refractivity contribution in [1.29, 1.82) is 0 Å². The van der Waals surface area contributed by atoms with Gasteiger partial charge in [-0.15, -0.1) is 0 Å². The van der Waals surface area contributed by atoms with Gasteiger partial charge in [-0.25, -0.2) is 8.42 Å². The fourth-order valence-corrected chi connectivity index (χ4v) is 5.87. The Hall–Kier alpha value is -3.36. The number of nitrogens with one attached hydrogen (secondary N) is 1. The quantitative estimate of drug-likeness (QED) is 0.286. The molecule has 208 valence electrons. The summed E-state index contributed by atoms with van der Waals surface area (Å²) in [5.41, 5.74) is 1.85. The Morgan fingerprint density at radius 2 is 1.59 bits per heavy atom. The van der Waals surface area contributed by atoms with E-state index in [0.29, 0.717) is 29.2 Å². The molecule has 39 heavy (non-hydrogen) atoms. The molecule has 0 unspecified atom stereocenters. The number of carbonyl (C=O) groups is 2. The molecule has 9 heteroatoms. The lowest BCUT2D eigenvalue weighted by Crippen LogP contribution is -2.52. The standard InChI is InChI=1S/C30H36ClN3O4S/c1-4-5-20-32-30(36)24(3)33(21-19-25-13-8-6-9-14-25)29(35)22-34(28-18-12-17-27(31)23(28)2)39(37,38)26-15-10-7-11-16-26/h6-18,24H,4-5,19-22H2,1-3H3,(H,32,36)/t24-/m1/s1. The van der Waals surface area contributed by atoms with Crippen LogP contribution < -0.4 is 9.62 Å². The van der Waals surface area contributed by atoms with Crippen LogP contribution in [-0.4, -0.2) is 50.8 Å². The summed E-state index contributed by atoms with van der Waals surface area (Å²) < 4.78 is 28.8. The van der Waals surface area contributed by atoms with E-state index in [1.807, 2.05) is 37.3 Å². The van der Waals surface area contributed by atoms with Crippen molar-refractivity contribution in [2.75, 3.05) is 23.9 Å². The minimum absolute atomic E-state index is 0.0540. The van der Waals surface area contributed by atoms with E-state index in [1.54, 1.807) is 50.2 Å². The maximum Gasteiger partial charge on any atom is 0.264 e. The summed E-state index contributed by atoms with van der Waals surface area (Å²) in [6.07, 6.45) is 2.27. The molecule has 1 N–H and O–H groups in total. The van der Waals surface area contributed by atoms with Gasteiger partial charge < -0.3 is 10.2 Å². The third-order valence-electron chi connectivity index (χ3n) is 6.60. The maximum absolute atomic E-state index is 13.9. The molecule has 7 nitrogen and oxygen atoms in total. The predicted octanol–water partition coefficient (Wildman–Crippen LogP) is 5.22.